The molecule has 0 aliphatic rings. The van der Waals surface area contributed by atoms with E-state index in [2.05, 4.69) is 30.8 Å². The monoisotopic (exact) mass is 660 g/mol. The first kappa shape index (κ1) is 36.0. The van der Waals surface area contributed by atoms with Crippen LogP contribution in [-0.2, 0) is 25.0 Å². The van der Waals surface area contributed by atoms with Gasteiger partial charge >= 0.3 is 65.2 Å². The first-order valence-corrected chi connectivity index (χ1v) is 13.9. The van der Waals surface area contributed by atoms with Crippen molar-refractivity contribution in [3.63, 3.8) is 0 Å². The van der Waals surface area contributed by atoms with Crippen LogP contribution in [0.2, 0.25) is 5.02 Å². The predicted octanol–water partition coefficient (Wildman–Crippen LogP) is -0.595. The number of nitrogens with one attached hydrogen (secondary N) is 2. The van der Waals surface area contributed by atoms with Crippen molar-refractivity contribution in [3.05, 3.63) is 65.6 Å². The van der Waals surface area contributed by atoms with Gasteiger partial charge in [-0.1, -0.05) is 17.7 Å². The second kappa shape index (κ2) is 14.1. The Bertz CT molecular complexity index is 1960. The molecular formula is C22H17ClF2N6Na2O7S2. The minimum Gasteiger partial charge on any atom is -1.00 e. The number of halogens is 3. The Balaban J connectivity index is 0.00000462. The number of amides is 1. The van der Waals surface area contributed by atoms with Gasteiger partial charge in [-0.25, -0.2) is 0 Å². The number of aromatic nitrogens is 2. The van der Waals surface area contributed by atoms with Crippen molar-refractivity contribution in [3.8, 4) is 0 Å². The van der Waals surface area contributed by atoms with Crippen LogP contribution in [-0.4, -0.2) is 41.8 Å². The summed E-state index contributed by atoms with van der Waals surface area (Å²) in [5.41, 5.74) is 0.459. The quantitative estimate of drug-likeness (QED) is 0.0653. The molecule has 4 N–H and O–H groups in total. The molecule has 0 unspecified atom stereocenters. The molecule has 42 heavy (non-hydrogen) atoms. The van der Waals surface area contributed by atoms with Crippen LogP contribution in [0.4, 0.5) is 37.3 Å². The number of hydrogen-bond acceptors (Lipinski definition) is 10. The Morgan fingerprint density at radius 1 is 0.952 bits per heavy atom. The molecule has 0 aliphatic heterocycles. The van der Waals surface area contributed by atoms with Gasteiger partial charge in [0.25, 0.3) is 20.2 Å². The number of fused-ring (bicyclic) bond motifs is 1. The molecule has 212 valence electrons. The maximum atomic E-state index is 13.6. The average molecular weight is 661 g/mol. The van der Waals surface area contributed by atoms with E-state index in [1.54, 1.807) is 0 Å². The van der Waals surface area contributed by atoms with Crippen LogP contribution in [0.25, 0.3) is 10.8 Å². The van der Waals surface area contributed by atoms with Crippen molar-refractivity contribution in [2.24, 2.45) is 10.2 Å². The fourth-order valence-corrected chi connectivity index (χ4v) is 4.91. The molecule has 0 saturated carbocycles. The van der Waals surface area contributed by atoms with Gasteiger partial charge in [-0.15, -0.1) is 5.11 Å². The third-order valence-corrected chi connectivity index (χ3v) is 7.14. The smallest absolute Gasteiger partial charge is 1.00 e. The first-order valence-electron chi connectivity index (χ1n) is 10.6. The third-order valence-electron chi connectivity index (χ3n) is 5.08. The molecule has 0 fully saturated rings. The van der Waals surface area contributed by atoms with E-state index in [4.69, 9.17) is 11.6 Å². The number of carbonyl (C=O) groups is 1. The van der Waals surface area contributed by atoms with Gasteiger partial charge in [0.2, 0.25) is 11.9 Å². The molecule has 0 bridgehead atoms. The number of benzene rings is 3. The Morgan fingerprint density at radius 2 is 1.64 bits per heavy atom. The zero-order valence-electron chi connectivity index (χ0n) is 23.8. The maximum absolute atomic E-state index is 13.6. The zero-order chi connectivity index (χ0) is 29.4. The second-order valence-electron chi connectivity index (χ2n) is 7.96. The summed E-state index contributed by atoms with van der Waals surface area (Å²) in [6.45, 7) is 1.22. The van der Waals surface area contributed by atoms with Gasteiger partial charge in [-0.3, -0.25) is 13.9 Å². The molecule has 0 radical (unpaired) electrons. The fourth-order valence-electron chi connectivity index (χ4n) is 3.43. The predicted molar refractivity (Wildman–Crippen MR) is 141 cm³/mol. The summed E-state index contributed by atoms with van der Waals surface area (Å²) in [6.07, 6.45) is -1.36. The zero-order valence-corrected chi connectivity index (χ0v) is 28.2. The van der Waals surface area contributed by atoms with E-state index < -0.39 is 53.0 Å². The van der Waals surface area contributed by atoms with Gasteiger partial charge < -0.3 is 13.5 Å². The number of hydrogen-bond donors (Lipinski definition) is 4. The van der Waals surface area contributed by atoms with Gasteiger partial charge in [0.1, 0.15) is 15.6 Å². The number of nitrogens with zero attached hydrogens (tertiary/aromatic N) is 4. The number of azo groups is 1. The van der Waals surface area contributed by atoms with Gasteiger partial charge in [-0.05, 0) is 47.9 Å². The first-order chi connectivity index (χ1) is 18.6. The van der Waals surface area contributed by atoms with Gasteiger partial charge in [0.05, 0.1) is 16.3 Å². The van der Waals surface area contributed by atoms with E-state index in [0.29, 0.717) is 6.07 Å². The minimum atomic E-state index is -4.92. The summed E-state index contributed by atoms with van der Waals surface area (Å²) in [5, 5.41) is 12.5. The van der Waals surface area contributed by atoms with Gasteiger partial charge in [0, 0.05) is 18.0 Å². The van der Waals surface area contributed by atoms with Crippen molar-refractivity contribution < 1.29 is 101 Å². The molecule has 0 spiro atoms. The molecule has 4 rings (SSSR count). The van der Waals surface area contributed by atoms with Crippen molar-refractivity contribution in [1.82, 2.24) is 9.97 Å². The van der Waals surface area contributed by atoms with Crippen LogP contribution in [0.3, 0.4) is 0 Å². The van der Waals surface area contributed by atoms with Crippen LogP contribution in [0.5, 0.6) is 0 Å². The van der Waals surface area contributed by atoms with E-state index in [1.165, 1.54) is 43.3 Å². The molecule has 0 atom stereocenters. The normalized spacial score (nSPS) is 11.6. The summed E-state index contributed by atoms with van der Waals surface area (Å²) in [4.78, 5) is 16.5. The molecule has 0 aliphatic carbocycles. The van der Waals surface area contributed by atoms with Crippen LogP contribution < -0.4 is 69.7 Å². The largest absolute Gasteiger partial charge is 1.00 e. The standard InChI is InChI=1S/C22H15ClF2N6O7S2.2Na.2H/c1-10(32)26-17-8-12(27-21-19(23)20(24)28-22(25)29-21)4-5-16(17)31-30-13-3-2-11-6-14(39(33,34)35)9-18(15(11)7-13)40(36,37)38;;;;/h2-9H,1H3,(H,26,32)(H,27,28,29)(H,33,34,35)(H,36,37,38);;;;/q;2*+1;2*-1. The molecule has 4 aromatic rings. The van der Waals surface area contributed by atoms with Crippen molar-refractivity contribution in [2.75, 3.05) is 10.6 Å². The molecule has 20 heteroatoms. The van der Waals surface area contributed by atoms with Crippen molar-refractivity contribution in [2.45, 2.75) is 16.7 Å². The van der Waals surface area contributed by atoms with Crippen LogP contribution in [0, 0.1) is 12.0 Å². The fraction of sp³-hybridized carbons (Fsp3) is 0.0455. The molecule has 0 saturated heterocycles. The summed E-state index contributed by atoms with van der Waals surface area (Å²) < 4.78 is 92.9. The summed E-state index contributed by atoms with van der Waals surface area (Å²) >= 11 is 5.77. The van der Waals surface area contributed by atoms with E-state index in [9.17, 15) is 39.5 Å². The molecule has 1 heterocycles. The van der Waals surface area contributed by atoms with E-state index in [-0.39, 0.29) is 101 Å². The molecule has 3 aromatic carbocycles. The Hall–Kier alpha value is -2.16. The SMILES string of the molecule is CC(=O)Nc1cc(Nc2nc(F)nc(F)c2Cl)ccc1N=Nc1ccc2cc(S(=O)(=O)O)cc(S(=O)(=O)O)c2c1.[H-].[H-].[Na+].[Na+]. The summed E-state index contributed by atoms with van der Waals surface area (Å²) in [7, 11) is -9.71. The molecule has 13 nitrogen and oxygen atoms in total. The van der Waals surface area contributed by atoms with E-state index in [1.807, 2.05) is 0 Å². The number of anilines is 3. The Kier molecular flexibility index (Phi) is 12.1. The molecule has 1 aromatic heterocycles. The molecule has 1 amide bonds. The van der Waals surface area contributed by atoms with E-state index in [0.717, 1.165) is 6.07 Å². The Labute approximate surface area is 289 Å². The summed E-state index contributed by atoms with van der Waals surface area (Å²) in [5.74, 6) is -2.16. The number of rotatable bonds is 7. The van der Waals surface area contributed by atoms with Gasteiger partial charge in [-0.2, -0.15) is 40.7 Å². The minimum absolute atomic E-state index is 0. The average Bonchev–Trinajstić information content (AvgIpc) is 2.84. The number of carbonyl (C=O) groups excluding carboxylic acids is 1. The van der Waals surface area contributed by atoms with Crippen molar-refractivity contribution in [1.29, 1.82) is 0 Å². The van der Waals surface area contributed by atoms with Crippen molar-refractivity contribution >= 4 is 77.1 Å². The molecular weight excluding hydrogens is 644 g/mol. The van der Waals surface area contributed by atoms with Gasteiger partial charge in [0.15, 0.2) is 5.82 Å². The maximum Gasteiger partial charge on any atom is 1.00 e. The van der Waals surface area contributed by atoms with Crippen LogP contribution in [0.1, 0.15) is 9.78 Å². The van der Waals surface area contributed by atoms with Crippen LogP contribution >= 0.6 is 11.6 Å². The third kappa shape index (κ3) is 8.70. The summed E-state index contributed by atoms with van der Waals surface area (Å²) in [6, 6.07) is 9.56. The van der Waals surface area contributed by atoms with Crippen LogP contribution in [0.15, 0.2) is 68.6 Å². The second-order valence-corrected chi connectivity index (χ2v) is 11.2. The Morgan fingerprint density at radius 3 is 2.26 bits per heavy atom. The topological polar surface area (TPSA) is 200 Å². The van der Waals surface area contributed by atoms with E-state index >= 15 is 0 Å².